The van der Waals surface area contributed by atoms with E-state index >= 15 is 0 Å². The molecule has 0 fully saturated rings. The maximum absolute atomic E-state index is 13.0. The Morgan fingerprint density at radius 1 is 0.903 bits per heavy atom. The molecule has 0 radical (unpaired) electrons. The summed E-state index contributed by atoms with van der Waals surface area (Å²) in [5.41, 5.74) is 3.03. The van der Waals surface area contributed by atoms with Gasteiger partial charge in [0.1, 0.15) is 0 Å². The molecule has 7 nitrogen and oxygen atoms in total. The fraction of sp³-hybridized carbons (Fsp3) is 0.174. The van der Waals surface area contributed by atoms with E-state index in [2.05, 4.69) is 5.32 Å². The second kappa shape index (κ2) is 7.72. The first kappa shape index (κ1) is 19.6. The highest BCUT2D eigenvalue weighted by Crippen LogP contribution is 2.33. The number of sulfonamides is 1. The summed E-state index contributed by atoms with van der Waals surface area (Å²) in [5, 5.41) is 2.88. The van der Waals surface area contributed by atoms with Gasteiger partial charge in [-0.2, -0.15) is 4.31 Å². The molecule has 0 bridgehead atoms. The summed E-state index contributed by atoms with van der Waals surface area (Å²) in [5.74, 6) is 0.882. The normalized spacial score (nSPS) is 15.4. The first-order valence-corrected chi connectivity index (χ1v) is 11.3. The maximum atomic E-state index is 13.0. The van der Waals surface area contributed by atoms with E-state index in [0.29, 0.717) is 35.7 Å². The minimum atomic E-state index is -3.57. The summed E-state index contributed by atoms with van der Waals surface area (Å²) in [7, 11) is -3.57. The van der Waals surface area contributed by atoms with Crippen molar-refractivity contribution >= 4 is 21.6 Å². The SMILES string of the molecule is O=C(Nc1ccc2c(c1)CN(S(=O)(=O)c1ccccc1)CC2)c1ccc2c(c1)OCO2. The monoisotopic (exact) mass is 436 g/mol. The lowest BCUT2D eigenvalue weighted by Gasteiger charge is -2.28. The van der Waals surface area contributed by atoms with Crippen LogP contribution in [0.5, 0.6) is 11.5 Å². The molecule has 1 N–H and O–H groups in total. The van der Waals surface area contributed by atoms with Crippen molar-refractivity contribution < 1.29 is 22.7 Å². The number of hydrogen-bond donors (Lipinski definition) is 1. The van der Waals surface area contributed by atoms with Crippen LogP contribution in [0, 0.1) is 0 Å². The van der Waals surface area contributed by atoms with Gasteiger partial charge in [-0.15, -0.1) is 0 Å². The molecule has 3 aromatic carbocycles. The first-order valence-electron chi connectivity index (χ1n) is 9.89. The van der Waals surface area contributed by atoms with Crippen LogP contribution in [0.1, 0.15) is 21.5 Å². The highest BCUT2D eigenvalue weighted by Gasteiger charge is 2.28. The number of rotatable bonds is 4. The molecular formula is C23H20N2O5S. The first-order chi connectivity index (χ1) is 15.0. The zero-order valence-electron chi connectivity index (χ0n) is 16.6. The van der Waals surface area contributed by atoms with E-state index in [1.807, 2.05) is 18.2 Å². The summed E-state index contributed by atoms with van der Waals surface area (Å²) >= 11 is 0. The number of amides is 1. The van der Waals surface area contributed by atoms with Crippen molar-refractivity contribution in [3.63, 3.8) is 0 Å². The highest BCUT2D eigenvalue weighted by atomic mass is 32.2. The Morgan fingerprint density at radius 2 is 1.71 bits per heavy atom. The molecule has 3 aromatic rings. The number of hydrogen-bond acceptors (Lipinski definition) is 5. The topological polar surface area (TPSA) is 84.9 Å². The van der Waals surface area contributed by atoms with Crippen molar-refractivity contribution in [3.05, 3.63) is 83.4 Å². The fourth-order valence-corrected chi connectivity index (χ4v) is 5.24. The third kappa shape index (κ3) is 3.75. The van der Waals surface area contributed by atoms with Crippen molar-refractivity contribution in [1.29, 1.82) is 0 Å². The summed E-state index contributed by atoms with van der Waals surface area (Å²) < 4.78 is 38.0. The lowest BCUT2D eigenvalue weighted by molar-refractivity contribution is 0.102. The van der Waals surface area contributed by atoms with Crippen LogP contribution in [0.15, 0.2) is 71.6 Å². The molecule has 2 aliphatic heterocycles. The zero-order chi connectivity index (χ0) is 21.4. The highest BCUT2D eigenvalue weighted by molar-refractivity contribution is 7.89. The maximum Gasteiger partial charge on any atom is 0.255 e. The van der Waals surface area contributed by atoms with Crippen LogP contribution >= 0.6 is 0 Å². The Labute approximate surface area is 180 Å². The average Bonchev–Trinajstić information content (AvgIpc) is 3.27. The van der Waals surface area contributed by atoms with E-state index < -0.39 is 10.0 Å². The molecule has 2 heterocycles. The van der Waals surface area contributed by atoms with Crippen LogP contribution in [0.3, 0.4) is 0 Å². The lowest BCUT2D eigenvalue weighted by Crippen LogP contribution is -2.36. The number of carbonyl (C=O) groups excluding carboxylic acids is 1. The van der Waals surface area contributed by atoms with E-state index in [0.717, 1.165) is 11.1 Å². The van der Waals surface area contributed by atoms with E-state index in [4.69, 9.17) is 9.47 Å². The number of carbonyl (C=O) groups is 1. The Morgan fingerprint density at radius 3 is 2.55 bits per heavy atom. The van der Waals surface area contributed by atoms with Gasteiger partial charge >= 0.3 is 0 Å². The van der Waals surface area contributed by atoms with E-state index in [-0.39, 0.29) is 24.1 Å². The summed E-state index contributed by atoms with van der Waals surface area (Å²) in [6, 6.07) is 19.1. The van der Waals surface area contributed by atoms with Gasteiger partial charge in [-0.05, 0) is 60.0 Å². The van der Waals surface area contributed by atoms with E-state index in [9.17, 15) is 13.2 Å². The molecule has 0 aliphatic carbocycles. The van der Waals surface area contributed by atoms with Crippen LogP contribution in [0.25, 0.3) is 0 Å². The van der Waals surface area contributed by atoms with Crippen LogP contribution < -0.4 is 14.8 Å². The Kier molecular flexibility index (Phi) is 4.88. The van der Waals surface area contributed by atoms with Gasteiger partial charge in [0.25, 0.3) is 5.91 Å². The molecule has 158 valence electrons. The van der Waals surface area contributed by atoms with Gasteiger partial charge < -0.3 is 14.8 Å². The Bertz CT molecular complexity index is 1260. The van der Waals surface area contributed by atoms with Crippen LogP contribution in [-0.2, 0) is 23.0 Å². The second-order valence-electron chi connectivity index (χ2n) is 7.41. The molecule has 0 aromatic heterocycles. The zero-order valence-corrected chi connectivity index (χ0v) is 17.4. The van der Waals surface area contributed by atoms with Crippen molar-refractivity contribution in [2.45, 2.75) is 17.9 Å². The van der Waals surface area contributed by atoms with Crippen molar-refractivity contribution in [1.82, 2.24) is 4.31 Å². The Balaban J connectivity index is 1.35. The number of anilines is 1. The number of nitrogens with one attached hydrogen (secondary N) is 1. The van der Waals surface area contributed by atoms with Crippen molar-refractivity contribution in [2.24, 2.45) is 0 Å². The van der Waals surface area contributed by atoms with Gasteiger partial charge in [0.05, 0.1) is 4.90 Å². The van der Waals surface area contributed by atoms with Gasteiger partial charge in [0, 0.05) is 24.3 Å². The lowest BCUT2D eigenvalue weighted by atomic mass is 10.0. The molecule has 31 heavy (non-hydrogen) atoms. The molecule has 8 heteroatoms. The van der Waals surface area contributed by atoms with Crippen LogP contribution in [-0.4, -0.2) is 32.0 Å². The van der Waals surface area contributed by atoms with Crippen LogP contribution in [0.4, 0.5) is 5.69 Å². The van der Waals surface area contributed by atoms with Gasteiger partial charge in [0.15, 0.2) is 11.5 Å². The predicted molar refractivity (Wildman–Crippen MR) is 115 cm³/mol. The molecule has 0 atom stereocenters. The van der Waals surface area contributed by atoms with Gasteiger partial charge in [-0.1, -0.05) is 24.3 Å². The molecule has 0 saturated heterocycles. The van der Waals surface area contributed by atoms with Crippen molar-refractivity contribution in [3.8, 4) is 11.5 Å². The van der Waals surface area contributed by atoms with E-state index in [1.165, 1.54) is 4.31 Å². The molecule has 0 unspecified atom stereocenters. The van der Waals surface area contributed by atoms with Gasteiger partial charge in [0.2, 0.25) is 16.8 Å². The summed E-state index contributed by atoms with van der Waals surface area (Å²) in [6.45, 7) is 0.834. The predicted octanol–water partition coefficient (Wildman–Crippen LogP) is 3.41. The molecule has 2 aliphatic rings. The third-order valence-electron chi connectivity index (χ3n) is 5.46. The number of ether oxygens (including phenoxy) is 2. The number of nitrogens with zero attached hydrogens (tertiary/aromatic N) is 1. The summed E-state index contributed by atoms with van der Waals surface area (Å²) in [4.78, 5) is 13.0. The molecule has 0 spiro atoms. The average molecular weight is 436 g/mol. The number of benzene rings is 3. The number of fused-ring (bicyclic) bond motifs is 2. The van der Waals surface area contributed by atoms with Crippen molar-refractivity contribution in [2.75, 3.05) is 18.7 Å². The standard InChI is InChI=1S/C23H20N2O5S/c26-23(17-7-9-21-22(13-17)30-15-29-21)24-19-8-6-16-10-11-25(14-18(16)12-19)31(27,28)20-4-2-1-3-5-20/h1-9,12-13H,10-11,14-15H2,(H,24,26). The minimum Gasteiger partial charge on any atom is -0.454 e. The Hall–Kier alpha value is -3.36. The van der Waals surface area contributed by atoms with Gasteiger partial charge in [-0.3, -0.25) is 4.79 Å². The second-order valence-corrected chi connectivity index (χ2v) is 9.35. The quantitative estimate of drug-likeness (QED) is 0.678. The van der Waals surface area contributed by atoms with Gasteiger partial charge in [-0.25, -0.2) is 8.42 Å². The van der Waals surface area contributed by atoms with Crippen LogP contribution in [0.2, 0.25) is 0 Å². The molecule has 5 rings (SSSR count). The largest absolute Gasteiger partial charge is 0.454 e. The third-order valence-corrected chi connectivity index (χ3v) is 7.32. The molecule has 1 amide bonds. The minimum absolute atomic E-state index is 0.146. The molecule has 0 saturated carbocycles. The fourth-order valence-electron chi connectivity index (χ4n) is 3.80. The van der Waals surface area contributed by atoms with E-state index in [1.54, 1.807) is 48.5 Å². The summed E-state index contributed by atoms with van der Waals surface area (Å²) in [6.07, 6.45) is 0.623. The smallest absolute Gasteiger partial charge is 0.255 e. The molecular weight excluding hydrogens is 416 g/mol.